The van der Waals surface area contributed by atoms with E-state index in [1.807, 2.05) is 14.1 Å². The van der Waals surface area contributed by atoms with Crippen LogP contribution in [0.15, 0.2) is 34.7 Å². The Morgan fingerprint density at radius 2 is 2.03 bits per heavy atom. The number of benzene rings is 1. The quantitative estimate of drug-likeness (QED) is 0.265. The van der Waals surface area contributed by atoms with Crippen molar-refractivity contribution >= 4 is 33.8 Å². The Labute approximate surface area is 210 Å². The molecule has 1 amide bonds. The van der Waals surface area contributed by atoms with Gasteiger partial charge in [-0.05, 0) is 63.0 Å². The summed E-state index contributed by atoms with van der Waals surface area (Å²) in [6.07, 6.45) is 3.18. The third kappa shape index (κ3) is 7.34. The van der Waals surface area contributed by atoms with Gasteiger partial charge in [0, 0.05) is 32.8 Å². The summed E-state index contributed by atoms with van der Waals surface area (Å²) in [5, 5.41) is 12.2. The second-order valence-corrected chi connectivity index (χ2v) is 12.0. The maximum Gasteiger partial charge on any atom is 0.326 e. The maximum atomic E-state index is 13.0. The molecule has 194 valence electrons. The summed E-state index contributed by atoms with van der Waals surface area (Å²) in [6.45, 7) is 1.70. The Morgan fingerprint density at radius 3 is 2.63 bits per heavy atom. The smallest absolute Gasteiger partial charge is 0.326 e. The van der Waals surface area contributed by atoms with E-state index in [0.29, 0.717) is 25.2 Å². The number of amides is 1. The molecule has 2 heterocycles. The average molecular weight is 528 g/mol. The number of hydrogen-bond acceptors (Lipinski definition) is 9. The summed E-state index contributed by atoms with van der Waals surface area (Å²) in [4.78, 5) is 26.9. The first-order valence-electron chi connectivity index (χ1n) is 11.4. The van der Waals surface area contributed by atoms with Gasteiger partial charge < -0.3 is 25.5 Å². The fourth-order valence-corrected chi connectivity index (χ4v) is 6.67. The van der Waals surface area contributed by atoms with E-state index in [0.717, 1.165) is 34.8 Å². The number of hydrazine groups is 1. The van der Waals surface area contributed by atoms with Crippen LogP contribution in [0.25, 0.3) is 0 Å². The number of nitrogens with one attached hydrogen (secondary N) is 2. The molecule has 0 bridgehead atoms. The van der Waals surface area contributed by atoms with Crippen LogP contribution in [0, 0.1) is 0 Å². The molecule has 13 heteroatoms. The Bertz CT molecular complexity index is 1030. The first-order valence-corrected chi connectivity index (χ1v) is 13.6. The second-order valence-electron chi connectivity index (χ2n) is 8.71. The van der Waals surface area contributed by atoms with Crippen LogP contribution >= 0.6 is 11.9 Å². The highest BCUT2D eigenvalue weighted by Gasteiger charge is 2.42. The van der Waals surface area contributed by atoms with Crippen molar-refractivity contribution in [2.45, 2.75) is 37.8 Å². The molecule has 1 aromatic rings. The molecule has 11 nitrogen and oxygen atoms in total. The summed E-state index contributed by atoms with van der Waals surface area (Å²) in [5.74, 6) is -1.10. The fourth-order valence-electron chi connectivity index (χ4n) is 3.85. The lowest BCUT2D eigenvalue weighted by atomic mass is 10.1. The lowest BCUT2D eigenvalue weighted by Crippen LogP contribution is -2.51. The lowest BCUT2D eigenvalue weighted by Gasteiger charge is -2.25. The number of carboxylic acid groups (broad SMARTS) is 1. The first kappa shape index (κ1) is 27.3. The van der Waals surface area contributed by atoms with E-state index in [2.05, 4.69) is 15.6 Å². The number of carbonyl (C=O) groups is 2. The van der Waals surface area contributed by atoms with E-state index in [-0.39, 0.29) is 17.2 Å². The third-order valence-corrected chi connectivity index (χ3v) is 8.87. The Kier molecular flexibility index (Phi) is 9.41. The van der Waals surface area contributed by atoms with E-state index in [1.165, 1.54) is 6.20 Å². The number of carboxylic acids is 1. The van der Waals surface area contributed by atoms with Gasteiger partial charge in [0.2, 0.25) is 5.91 Å². The molecule has 0 aromatic heterocycles. The van der Waals surface area contributed by atoms with Crippen molar-refractivity contribution in [1.29, 1.82) is 0 Å². The molecule has 0 saturated carbocycles. The van der Waals surface area contributed by atoms with Gasteiger partial charge in [-0.25, -0.2) is 13.2 Å². The minimum Gasteiger partial charge on any atom is -0.494 e. The van der Waals surface area contributed by atoms with E-state index in [1.54, 1.807) is 35.7 Å². The monoisotopic (exact) mass is 527 g/mol. The van der Waals surface area contributed by atoms with Gasteiger partial charge in [-0.2, -0.15) is 8.72 Å². The van der Waals surface area contributed by atoms with Crippen molar-refractivity contribution in [1.82, 2.24) is 24.4 Å². The van der Waals surface area contributed by atoms with Gasteiger partial charge in [-0.3, -0.25) is 4.79 Å². The lowest BCUT2D eigenvalue weighted by molar-refractivity contribution is -0.142. The molecule has 2 aliphatic heterocycles. The van der Waals surface area contributed by atoms with Crippen molar-refractivity contribution in [3.63, 3.8) is 0 Å². The number of ether oxygens (including phenoxy) is 1. The van der Waals surface area contributed by atoms with E-state index in [4.69, 9.17) is 4.74 Å². The van der Waals surface area contributed by atoms with Crippen LogP contribution in [0.4, 0.5) is 0 Å². The van der Waals surface area contributed by atoms with Crippen LogP contribution in [-0.4, -0.2) is 91.9 Å². The summed E-state index contributed by atoms with van der Waals surface area (Å²) >= 11 is 1.02. The van der Waals surface area contributed by atoms with Crippen LogP contribution < -0.4 is 15.5 Å². The molecule has 2 aliphatic rings. The van der Waals surface area contributed by atoms with Gasteiger partial charge in [-0.15, -0.1) is 0 Å². The molecule has 1 fully saturated rings. The highest BCUT2D eigenvalue weighted by molar-refractivity contribution is 8.16. The zero-order valence-corrected chi connectivity index (χ0v) is 21.8. The molecule has 0 aliphatic carbocycles. The summed E-state index contributed by atoms with van der Waals surface area (Å²) in [6, 6.07) is 4.94. The van der Waals surface area contributed by atoms with E-state index >= 15 is 0 Å². The van der Waals surface area contributed by atoms with Gasteiger partial charge in [0.25, 0.3) is 10.0 Å². The number of aliphatic carboxylic acids is 1. The largest absolute Gasteiger partial charge is 0.494 e. The number of rotatable bonds is 12. The van der Waals surface area contributed by atoms with Crippen LogP contribution in [0.2, 0.25) is 0 Å². The molecular weight excluding hydrogens is 494 g/mol. The summed E-state index contributed by atoms with van der Waals surface area (Å²) in [5.41, 5.74) is 3.50. The number of nitrogens with zero attached hydrogens (tertiary/aromatic N) is 3. The Hall–Kier alpha value is -2.32. The van der Waals surface area contributed by atoms with E-state index in [9.17, 15) is 23.1 Å². The molecule has 1 aromatic carbocycles. The van der Waals surface area contributed by atoms with Gasteiger partial charge in [0.15, 0.2) is 0 Å². The molecule has 35 heavy (non-hydrogen) atoms. The highest BCUT2D eigenvalue weighted by Crippen LogP contribution is 2.34. The number of hydrogen-bond donors (Lipinski definition) is 3. The van der Waals surface area contributed by atoms with Crippen LogP contribution in [0.3, 0.4) is 0 Å². The SMILES string of the molecule is CN(C)CCCOc1ccc(C[C@H](NC(=O)[C@@H]2CCCN2S(=O)(=O)C2=CNN(C)S2)C(=O)O)cc1. The normalized spacial score (nSPS) is 19.9. The fraction of sp³-hybridized carbons (Fsp3) is 0.545. The minimum atomic E-state index is -3.87. The predicted molar refractivity (Wildman–Crippen MR) is 134 cm³/mol. The van der Waals surface area contributed by atoms with Crippen LogP contribution in [0.5, 0.6) is 5.75 Å². The first-order chi connectivity index (χ1) is 16.6. The number of carbonyl (C=O) groups excluding carboxylic acids is 1. The second kappa shape index (κ2) is 12.1. The van der Waals surface area contributed by atoms with Gasteiger partial charge in [0.1, 0.15) is 22.1 Å². The average Bonchev–Trinajstić information content (AvgIpc) is 3.47. The van der Waals surface area contributed by atoms with E-state index < -0.39 is 34.0 Å². The summed E-state index contributed by atoms with van der Waals surface area (Å²) < 4.78 is 34.5. The van der Waals surface area contributed by atoms with Gasteiger partial charge >= 0.3 is 5.97 Å². The zero-order chi connectivity index (χ0) is 25.6. The standard InChI is InChI=1S/C22H33N5O6S2/c1-25(2)11-5-13-33-17-9-7-16(8-10-17)14-18(22(29)30)24-21(28)19-6-4-12-27(19)35(31,32)20-15-23-26(3)34-20/h7-10,15,18-19,23H,4-6,11-14H2,1-3H3,(H,24,28)(H,29,30)/t18-,19-/m0/s1. The van der Waals surface area contributed by atoms with Crippen molar-refractivity contribution in [2.75, 3.05) is 40.8 Å². The molecule has 3 rings (SSSR count). The Balaban J connectivity index is 1.60. The maximum absolute atomic E-state index is 13.0. The van der Waals surface area contributed by atoms with Gasteiger partial charge in [0.05, 0.1) is 6.61 Å². The van der Waals surface area contributed by atoms with Crippen LogP contribution in [0.1, 0.15) is 24.8 Å². The topological polar surface area (TPSA) is 132 Å². The molecule has 0 radical (unpaired) electrons. The minimum absolute atomic E-state index is 0.0666. The van der Waals surface area contributed by atoms with Crippen molar-refractivity contribution in [3.05, 3.63) is 40.3 Å². The van der Waals surface area contributed by atoms with Gasteiger partial charge in [-0.1, -0.05) is 12.1 Å². The van der Waals surface area contributed by atoms with Crippen molar-refractivity contribution < 1.29 is 27.9 Å². The molecule has 1 saturated heterocycles. The third-order valence-electron chi connectivity index (χ3n) is 5.66. The predicted octanol–water partition coefficient (Wildman–Crippen LogP) is 0.820. The van der Waals surface area contributed by atoms with Crippen molar-refractivity contribution in [3.8, 4) is 5.75 Å². The Morgan fingerprint density at radius 1 is 1.31 bits per heavy atom. The zero-order valence-electron chi connectivity index (χ0n) is 20.1. The number of sulfonamides is 1. The molecule has 0 unspecified atom stereocenters. The molecule has 3 N–H and O–H groups in total. The van der Waals surface area contributed by atoms with Crippen LogP contribution in [-0.2, 0) is 26.0 Å². The molecule has 0 spiro atoms. The molecular formula is C22H33N5O6S2. The highest BCUT2D eigenvalue weighted by atomic mass is 32.3. The molecule has 2 atom stereocenters. The summed E-state index contributed by atoms with van der Waals surface area (Å²) in [7, 11) is 1.80. The van der Waals surface area contributed by atoms with Crippen molar-refractivity contribution in [2.24, 2.45) is 0 Å².